The highest BCUT2D eigenvalue weighted by molar-refractivity contribution is 5.85. The Morgan fingerprint density at radius 2 is 2.00 bits per heavy atom. The summed E-state index contributed by atoms with van der Waals surface area (Å²) in [5.41, 5.74) is 6.95. The molecule has 1 saturated carbocycles. The SMILES string of the molecule is Cc1cc(CN2CCN(C(=O)C3CCCCC3(C)N)CC2)on1.Cl.Cl. The second kappa shape index (κ2) is 9.21. The van der Waals surface area contributed by atoms with Gasteiger partial charge in [-0.15, -0.1) is 24.8 Å². The summed E-state index contributed by atoms with van der Waals surface area (Å²) < 4.78 is 5.28. The lowest BCUT2D eigenvalue weighted by molar-refractivity contribution is -0.140. The van der Waals surface area contributed by atoms with Crippen molar-refractivity contribution in [1.82, 2.24) is 15.0 Å². The number of rotatable bonds is 3. The molecule has 0 bridgehead atoms. The van der Waals surface area contributed by atoms with Gasteiger partial charge in [0.05, 0.1) is 18.2 Å². The van der Waals surface area contributed by atoms with Crippen LogP contribution in [-0.2, 0) is 11.3 Å². The number of nitrogens with two attached hydrogens (primary N) is 1. The molecular weight excluding hydrogens is 363 g/mol. The molecule has 1 aromatic rings. The van der Waals surface area contributed by atoms with Crippen molar-refractivity contribution in [2.45, 2.75) is 51.6 Å². The fourth-order valence-electron chi connectivity index (χ4n) is 3.82. The Bertz CT molecular complexity index is 557. The second-order valence-electron chi connectivity index (χ2n) is 7.34. The topological polar surface area (TPSA) is 75.6 Å². The molecule has 1 aromatic heterocycles. The molecule has 1 amide bonds. The highest BCUT2D eigenvalue weighted by Gasteiger charge is 2.40. The third-order valence-corrected chi connectivity index (χ3v) is 5.29. The van der Waals surface area contributed by atoms with E-state index in [1.54, 1.807) is 0 Å². The molecule has 1 saturated heterocycles. The van der Waals surface area contributed by atoms with E-state index < -0.39 is 0 Å². The first-order chi connectivity index (χ1) is 11.0. The average Bonchev–Trinajstić information content (AvgIpc) is 2.92. The van der Waals surface area contributed by atoms with E-state index >= 15 is 0 Å². The molecule has 144 valence electrons. The smallest absolute Gasteiger partial charge is 0.227 e. The van der Waals surface area contributed by atoms with Crippen LogP contribution in [-0.4, -0.2) is 52.6 Å². The predicted molar refractivity (Wildman–Crippen MR) is 102 cm³/mol. The number of carbonyl (C=O) groups excluding carboxylic acids is 1. The van der Waals surface area contributed by atoms with Crippen LogP contribution < -0.4 is 5.73 Å². The lowest BCUT2D eigenvalue weighted by Gasteiger charge is -2.42. The molecular formula is C17H30Cl2N4O2. The number of halogens is 2. The number of amides is 1. The standard InChI is InChI=1S/C17H28N4O2.2ClH/c1-13-11-14(23-19-13)12-20-7-9-21(10-8-20)16(22)15-5-3-4-6-17(15,2)18;;/h11,15H,3-10,12,18H2,1-2H3;2*1H. The predicted octanol–water partition coefficient (Wildman–Crippen LogP) is 2.38. The largest absolute Gasteiger partial charge is 0.360 e. The summed E-state index contributed by atoms with van der Waals surface area (Å²) in [6.07, 6.45) is 4.15. The number of piperazine rings is 1. The molecule has 2 aliphatic rings. The zero-order chi connectivity index (χ0) is 16.4. The molecule has 2 heterocycles. The van der Waals surface area contributed by atoms with Crippen LogP contribution in [0.25, 0.3) is 0 Å². The van der Waals surface area contributed by atoms with E-state index in [0.717, 1.165) is 69.9 Å². The van der Waals surface area contributed by atoms with Crippen molar-refractivity contribution in [2.75, 3.05) is 26.2 Å². The summed E-state index contributed by atoms with van der Waals surface area (Å²) in [6, 6.07) is 1.97. The van der Waals surface area contributed by atoms with Gasteiger partial charge in [-0.25, -0.2) is 0 Å². The van der Waals surface area contributed by atoms with Crippen LogP contribution in [0.3, 0.4) is 0 Å². The molecule has 2 unspecified atom stereocenters. The Morgan fingerprint density at radius 1 is 1.32 bits per heavy atom. The van der Waals surface area contributed by atoms with Gasteiger partial charge in [0, 0.05) is 37.8 Å². The minimum absolute atomic E-state index is 0. The van der Waals surface area contributed by atoms with Crippen molar-refractivity contribution in [3.05, 3.63) is 17.5 Å². The van der Waals surface area contributed by atoms with Gasteiger partial charge in [0.25, 0.3) is 0 Å². The van der Waals surface area contributed by atoms with Crippen LogP contribution in [0.4, 0.5) is 0 Å². The molecule has 8 heteroatoms. The normalized spacial score (nSPS) is 27.3. The number of nitrogens with zero attached hydrogens (tertiary/aromatic N) is 3. The Kier molecular flexibility index (Phi) is 8.19. The van der Waals surface area contributed by atoms with E-state index in [1.807, 2.05) is 24.8 Å². The Labute approximate surface area is 162 Å². The highest BCUT2D eigenvalue weighted by Crippen LogP contribution is 2.33. The summed E-state index contributed by atoms with van der Waals surface area (Å²) in [4.78, 5) is 17.2. The minimum Gasteiger partial charge on any atom is -0.360 e. The molecule has 2 atom stereocenters. The number of hydrogen-bond acceptors (Lipinski definition) is 5. The maximum absolute atomic E-state index is 12.8. The lowest BCUT2D eigenvalue weighted by Crippen LogP contribution is -2.57. The Hall–Kier alpha value is -0.820. The minimum atomic E-state index is -0.343. The molecule has 6 nitrogen and oxygen atoms in total. The van der Waals surface area contributed by atoms with Gasteiger partial charge in [-0.2, -0.15) is 0 Å². The van der Waals surface area contributed by atoms with Gasteiger partial charge in [0.1, 0.15) is 0 Å². The molecule has 2 fully saturated rings. The number of aryl methyl sites for hydroxylation is 1. The van der Waals surface area contributed by atoms with Crippen LogP contribution in [0.15, 0.2) is 10.6 Å². The van der Waals surface area contributed by atoms with Gasteiger partial charge in [-0.1, -0.05) is 18.0 Å². The van der Waals surface area contributed by atoms with Crippen LogP contribution in [0.5, 0.6) is 0 Å². The molecule has 1 aliphatic carbocycles. The summed E-state index contributed by atoms with van der Waals surface area (Å²) >= 11 is 0. The van der Waals surface area contributed by atoms with Crippen LogP contribution in [0.1, 0.15) is 44.1 Å². The van der Waals surface area contributed by atoms with Crippen molar-refractivity contribution in [1.29, 1.82) is 0 Å². The Morgan fingerprint density at radius 3 is 2.56 bits per heavy atom. The van der Waals surface area contributed by atoms with Crippen LogP contribution >= 0.6 is 24.8 Å². The number of aromatic nitrogens is 1. The quantitative estimate of drug-likeness (QED) is 0.854. The van der Waals surface area contributed by atoms with Gasteiger partial charge < -0.3 is 15.2 Å². The maximum Gasteiger partial charge on any atom is 0.227 e. The molecule has 25 heavy (non-hydrogen) atoms. The average molecular weight is 393 g/mol. The first kappa shape index (κ1) is 22.2. The van der Waals surface area contributed by atoms with Crippen molar-refractivity contribution >= 4 is 30.7 Å². The third kappa shape index (κ3) is 5.33. The van der Waals surface area contributed by atoms with E-state index in [9.17, 15) is 4.79 Å². The molecule has 0 radical (unpaired) electrons. The first-order valence-electron chi connectivity index (χ1n) is 8.68. The summed E-state index contributed by atoms with van der Waals surface area (Å²) in [7, 11) is 0. The third-order valence-electron chi connectivity index (χ3n) is 5.29. The molecule has 0 aromatic carbocycles. The van der Waals surface area contributed by atoms with Gasteiger partial charge in [-0.05, 0) is 26.7 Å². The van der Waals surface area contributed by atoms with E-state index in [1.165, 1.54) is 0 Å². The molecule has 1 aliphatic heterocycles. The number of hydrogen-bond donors (Lipinski definition) is 1. The Balaban J connectivity index is 0.00000156. The molecule has 0 spiro atoms. The van der Waals surface area contributed by atoms with Crippen molar-refractivity contribution in [2.24, 2.45) is 11.7 Å². The van der Waals surface area contributed by atoms with E-state index in [2.05, 4.69) is 10.1 Å². The van der Waals surface area contributed by atoms with Crippen LogP contribution in [0.2, 0.25) is 0 Å². The summed E-state index contributed by atoms with van der Waals surface area (Å²) in [5, 5.41) is 3.92. The van der Waals surface area contributed by atoms with E-state index in [-0.39, 0.29) is 42.2 Å². The zero-order valence-electron chi connectivity index (χ0n) is 15.1. The van der Waals surface area contributed by atoms with Gasteiger partial charge in [-0.3, -0.25) is 9.69 Å². The molecule has 3 rings (SSSR count). The van der Waals surface area contributed by atoms with Crippen molar-refractivity contribution in [3.63, 3.8) is 0 Å². The number of carbonyl (C=O) groups is 1. The second-order valence-corrected chi connectivity index (χ2v) is 7.34. The van der Waals surface area contributed by atoms with Gasteiger partial charge in [0.15, 0.2) is 5.76 Å². The first-order valence-corrected chi connectivity index (χ1v) is 8.68. The fourth-order valence-corrected chi connectivity index (χ4v) is 3.82. The van der Waals surface area contributed by atoms with Gasteiger partial charge in [0.2, 0.25) is 5.91 Å². The maximum atomic E-state index is 12.8. The van der Waals surface area contributed by atoms with E-state index in [4.69, 9.17) is 10.3 Å². The monoisotopic (exact) mass is 392 g/mol. The fraction of sp³-hybridized carbons (Fsp3) is 0.765. The highest BCUT2D eigenvalue weighted by atomic mass is 35.5. The summed E-state index contributed by atoms with van der Waals surface area (Å²) in [5.74, 6) is 1.13. The summed E-state index contributed by atoms with van der Waals surface area (Å²) in [6.45, 7) is 8.03. The van der Waals surface area contributed by atoms with Crippen molar-refractivity contribution in [3.8, 4) is 0 Å². The lowest BCUT2D eigenvalue weighted by atomic mass is 9.74. The van der Waals surface area contributed by atoms with Crippen molar-refractivity contribution < 1.29 is 9.32 Å². The zero-order valence-corrected chi connectivity index (χ0v) is 16.7. The van der Waals surface area contributed by atoms with E-state index in [0.29, 0.717) is 0 Å². The van der Waals surface area contributed by atoms with Crippen LogP contribution in [0, 0.1) is 12.8 Å². The molecule has 2 N–H and O–H groups in total. The van der Waals surface area contributed by atoms with Gasteiger partial charge >= 0.3 is 0 Å².